The zero-order valence-electron chi connectivity index (χ0n) is 20.4. The van der Waals surface area contributed by atoms with Crippen molar-refractivity contribution < 1.29 is 28.6 Å². The van der Waals surface area contributed by atoms with Gasteiger partial charge in [-0.25, -0.2) is 14.0 Å². The summed E-state index contributed by atoms with van der Waals surface area (Å²) in [6.45, 7) is 0. The topological polar surface area (TPSA) is 97.0 Å². The molecular formula is C31H22ClFO6. The quantitative estimate of drug-likeness (QED) is 0.202. The predicted octanol–water partition coefficient (Wildman–Crippen LogP) is 7.09. The Morgan fingerprint density at radius 2 is 1.51 bits per heavy atom. The minimum atomic E-state index is -1.16. The van der Waals surface area contributed by atoms with E-state index in [1.165, 1.54) is 42.5 Å². The predicted molar refractivity (Wildman–Crippen MR) is 147 cm³/mol. The first-order chi connectivity index (χ1) is 18.8. The highest BCUT2D eigenvalue weighted by Gasteiger charge is 2.21. The number of ether oxygens (including phenoxy) is 1. The number of aryl methyl sites for hydroxylation is 1. The van der Waals surface area contributed by atoms with Crippen LogP contribution in [-0.4, -0.2) is 22.3 Å². The molecule has 1 aromatic heterocycles. The molecule has 2 N–H and O–H groups in total. The molecule has 39 heavy (non-hydrogen) atoms. The van der Waals surface area contributed by atoms with Gasteiger partial charge in [0.05, 0.1) is 5.39 Å². The third-order valence-corrected chi connectivity index (χ3v) is 6.62. The largest absolute Gasteiger partial charge is 0.506 e. The van der Waals surface area contributed by atoms with Crippen molar-refractivity contribution in [3.8, 4) is 33.8 Å². The lowest BCUT2D eigenvalue weighted by Crippen LogP contribution is -2.27. The second-order valence-corrected chi connectivity index (χ2v) is 9.40. The molecule has 4 aromatic carbocycles. The van der Waals surface area contributed by atoms with Gasteiger partial charge in [-0.05, 0) is 71.5 Å². The minimum absolute atomic E-state index is 0.0304. The van der Waals surface area contributed by atoms with Gasteiger partial charge in [0, 0.05) is 11.1 Å². The van der Waals surface area contributed by atoms with Crippen LogP contribution in [0.25, 0.3) is 33.2 Å². The Bertz CT molecular complexity index is 1690. The molecule has 0 amide bonds. The van der Waals surface area contributed by atoms with E-state index in [0.717, 1.165) is 16.7 Å². The lowest BCUT2D eigenvalue weighted by Gasteiger charge is -2.16. The van der Waals surface area contributed by atoms with Gasteiger partial charge in [-0.1, -0.05) is 60.1 Å². The molecule has 0 saturated heterocycles. The monoisotopic (exact) mass is 544 g/mol. The van der Waals surface area contributed by atoms with Crippen molar-refractivity contribution in [2.75, 3.05) is 0 Å². The van der Waals surface area contributed by atoms with E-state index in [2.05, 4.69) is 0 Å². The van der Waals surface area contributed by atoms with Crippen LogP contribution in [0.15, 0.2) is 100 Å². The summed E-state index contributed by atoms with van der Waals surface area (Å²) in [4.78, 5) is 24.5. The van der Waals surface area contributed by atoms with Gasteiger partial charge in [-0.15, -0.1) is 0 Å². The summed E-state index contributed by atoms with van der Waals surface area (Å²) >= 11 is 5.95. The van der Waals surface area contributed by atoms with Gasteiger partial charge < -0.3 is 19.4 Å². The number of aromatic hydroxyl groups is 1. The first kappa shape index (κ1) is 26.0. The maximum absolute atomic E-state index is 13.3. The Kier molecular flexibility index (Phi) is 7.34. The van der Waals surface area contributed by atoms with Crippen LogP contribution in [0.2, 0.25) is 5.02 Å². The molecule has 0 bridgehead atoms. The SMILES string of the molecule is O=C(O)C(CCc1ccc(-c2ccc(Cl)cc2)cc1)Oc1ccc2c(O)c(-c3ccc(F)cc3)c(=O)oc2c1. The van der Waals surface area contributed by atoms with E-state index in [1.807, 2.05) is 48.5 Å². The summed E-state index contributed by atoms with van der Waals surface area (Å²) in [6, 6.07) is 24.7. The molecule has 8 heteroatoms. The van der Waals surface area contributed by atoms with Crippen LogP contribution in [0, 0.1) is 5.82 Å². The first-order valence-corrected chi connectivity index (χ1v) is 12.5. The number of aliphatic carboxylic acids is 1. The summed E-state index contributed by atoms with van der Waals surface area (Å²) in [6.07, 6.45) is -0.494. The van der Waals surface area contributed by atoms with Crippen molar-refractivity contribution in [3.63, 3.8) is 0 Å². The fourth-order valence-electron chi connectivity index (χ4n) is 4.31. The number of fused-ring (bicyclic) bond motifs is 1. The molecule has 1 unspecified atom stereocenters. The molecular weight excluding hydrogens is 523 g/mol. The van der Waals surface area contributed by atoms with Gasteiger partial charge in [-0.3, -0.25) is 0 Å². The maximum Gasteiger partial charge on any atom is 0.347 e. The lowest BCUT2D eigenvalue weighted by molar-refractivity contribution is -0.145. The van der Waals surface area contributed by atoms with Crippen molar-refractivity contribution in [2.45, 2.75) is 18.9 Å². The van der Waals surface area contributed by atoms with Crippen LogP contribution < -0.4 is 10.4 Å². The highest BCUT2D eigenvalue weighted by Crippen LogP contribution is 2.35. The molecule has 0 aliphatic rings. The number of rotatable bonds is 8. The van der Waals surface area contributed by atoms with Crippen molar-refractivity contribution in [1.29, 1.82) is 0 Å². The Labute approximate surface area is 227 Å². The second kappa shape index (κ2) is 11.0. The highest BCUT2D eigenvalue weighted by molar-refractivity contribution is 6.30. The van der Waals surface area contributed by atoms with Crippen molar-refractivity contribution in [1.82, 2.24) is 0 Å². The molecule has 0 saturated carbocycles. The standard InChI is InChI=1S/C31H22ClFO6/c32-22-10-6-20(7-11-22)19-4-1-18(2-5-19)3-16-26(30(35)36)38-24-14-15-25-27(17-24)39-31(37)28(29(25)34)21-8-12-23(33)13-9-21/h1-2,4-15,17,26,34H,3,16H2,(H,35,36). The molecule has 0 aliphatic carbocycles. The van der Waals surface area contributed by atoms with E-state index < -0.39 is 23.5 Å². The molecule has 1 heterocycles. The van der Waals surface area contributed by atoms with E-state index in [1.54, 1.807) is 0 Å². The summed E-state index contributed by atoms with van der Waals surface area (Å²) in [5.41, 5.74) is 2.41. The zero-order valence-corrected chi connectivity index (χ0v) is 21.2. The van der Waals surface area contributed by atoms with Gasteiger partial charge in [-0.2, -0.15) is 0 Å². The Morgan fingerprint density at radius 3 is 2.15 bits per heavy atom. The molecule has 196 valence electrons. The van der Waals surface area contributed by atoms with Crippen molar-refractivity contribution >= 4 is 28.5 Å². The van der Waals surface area contributed by atoms with E-state index >= 15 is 0 Å². The molecule has 0 spiro atoms. The second-order valence-electron chi connectivity index (χ2n) is 8.97. The smallest absolute Gasteiger partial charge is 0.347 e. The average Bonchev–Trinajstić information content (AvgIpc) is 2.92. The molecule has 0 radical (unpaired) electrons. The molecule has 0 aliphatic heterocycles. The van der Waals surface area contributed by atoms with Crippen LogP contribution in [0.5, 0.6) is 11.5 Å². The van der Waals surface area contributed by atoms with Crippen molar-refractivity contribution in [2.24, 2.45) is 0 Å². The van der Waals surface area contributed by atoms with Crippen LogP contribution in [0.1, 0.15) is 12.0 Å². The van der Waals surface area contributed by atoms with Crippen LogP contribution in [0.4, 0.5) is 4.39 Å². The van der Waals surface area contributed by atoms with Crippen LogP contribution >= 0.6 is 11.6 Å². The summed E-state index contributed by atoms with van der Waals surface area (Å²) in [5.74, 6) is -1.77. The van der Waals surface area contributed by atoms with Crippen LogP contribution in [0.3, 0.4) is 0 Å². The summed E-state index contributed by atoms with van der Waals surface area (Å²) in [7, 11) is 0. The van der Waals surface area contributed by atoms with E-state index in [4.69, 9.17) is 20.8 Å². The van der Waals surface area contributed by atoms with E-state index in [-0.39, 0.29) is 34.5 Å². The average molecular weight is 545 g/mol. The summed E-state index contributed by atoms with van der Waals surface area (Å²) < 4.78 is 24.4. The van der Waals surface area contributed by atoms with Gasteiger partial charge >= 0.3 is 11.6 Å². The fourth-order valence-corrected chi connectivity index (χ4v) is 4.44. The molecule has 0 fully saturated rings. The fraction of sp³-hybridized carbons (Fsp3) is 0.0968. The van der Waals surface area contributed by atoms with Gasteiger partial charge in [0.15, 0.2) is 6.10 Å². The number of carboxylic acid groups (broad SMARTS) is 1. The molecule has 5 rings (SSSR count). The first-order valence-electron chi connectivity index (χ1n) is 12.1. The number of hydrogen-bond donors (Lipinski definition) is 2. The molecule has 6 nitrogen and oxygen atoms in total. The van der Waals surface area contributed by atoms with E-state index in [9.17, 15) is 24.2 Å². The zero-order chi connectivity index (χ0) is 27.5. The molecule has 5 aromatic rings. The number of hydrogen-bond acceptors (Lipinski definition) is 5. The van der Waals surface area contributed by atoms with Gasteiger partial charge in [0.1, 0.15) is 28.5 Å². The number of halogens is 2. The molecule has 1 atom stereocenters. The Balaban J connectivity index is 1.31. The summed E-state index contributed by atoms with van der Waals surface area (Å²) in [5, 5.41) is 21.4. The number of carbonyl (C=O) groups is 1. The Morgan fingerprint density at radius 1 is 0.897 bits per heavy atom. The van der Waals surface area contributed by atoms with Crippen molar-refractivity contribution in [3.05, 3.63) is 118 Å². The highest BCUT2D eigenvalue weighted by atomic mass is 35.5. The van der Waals surface area contributed by atoms with Crippen LogP contribution in [-0.2, 0) is 11.2 Å². The lowest BCUT2D eigenvalue weighted by atomic mass is 10.0. The van der Waals surface area contributed by atoms with Gasteiger partial charge in [0.25, 0.3) is 0 Å². The minimum Gasteiger partial charge on any atom is -0.506 e. The maximum atomic E-state index is 13.3. The normalized spacial score (nSPS) is 11.8. The van der Waals surface area contributed by atoms with E-state index in [0.29, 0.717) is 17.0 Å². The third-order valence-electron chi connectivity index (χ3n) is 6.37. The third kappa shape index (κ3) is 5.78. The van der Waals surface area contributed by atoms with Gasteiger partial charge in [0.2, 0.25) is 0 Å². The number of carboxylic acids is 1. The Hall–Kier alpha value is -4.62. The number of benzene rings is 4.